The predicted molar refractivity (Wildman–Crippen MR) is 114 cm³/mol. The summed E-state index contributed by atoms with van der Waals surface area (Å²) in [6.07, 6.45) is 4.30. The van der Waals surface area contributed by atoms with Gasteiger partial charge in [0.05, 0.1) is 5.92 Å². The van der Waals surface area contributed by atoms with Crippen molar-refractivity contribution in [3.05, 3.63) is 0 Å². The summed E-state index contributed by atoms with van der Waals surface area (Å²) in [5.74, 6) is 0.909. The smallest absolute Gasteiger partial charge is 0.295 e. The monoisotopic (exact) mass is 385 g/mol. The Morgan fingerprint density at radius 2 is 1.40 bits per heavy atom. The van der Waals surface area contributed by atoms with Gasteiger partial charge in [0.25, 0.3) is 14.3 Å². The van der Waals surface area contributed by atoms with E-state index in [1.54, 1.807) is 0 Å². The molecule has 0 amide bonds. The Balaban J connectivity index is 2.48. The van der Waals surface area contributed by atoms with Crippen LogP contribution in [-0.4, -0.2) is 29.1 Å². The zero-order valence-corrected chi connectivity index (χ0v) is 20.5. The lowest BCUT2D eigenvalue weighted by Crippen LogP contribution is -2.53. The van der Waals surface area contributed by atoms with Crippen molar-refractivity contribution in [1.29, 1.82) is 0 Å². The molecule has 1 rings (SSSR count). The van der Waals surface area contributed by atoms with Crippen LogP contribution in [0.3, 0.4) is 0 Å². The van der Waals surface area contributed by atoms with Crippen LogP contribution < -0.4 is 4.98 Å². The molecule has 1 fully saturated rings. The second-order valence-corrected chi connectivity index (χ2v) is 21.0. The van der Waals surface area contributed by atoms with E-state index < -0.39 is 16.6 Å². The molecule has 3 nitrogen and oxygen atoms in total. The minimum atomic E-state index is -1.99. The molecule has 0 radical (unpaired) electrons. The first kappa shape index (κ1) is 22.9. The number of hydrogen-bond donors (Lipinski definition) is 1. The molecular formula is C20H43NO2Si2. The molecule has 0 bridgehead atoms. The van der Waals surface area contributed by atoms with E-state index in [1.807, 2.05) is 0 Å². The summed E-state index contributed by atoms with van der Waals surface area (Å²) in [6, 6.07) is 0. The van der Waals surface area contributed by atoms with Gasteiger partial charge in [-0.3, -0.25) is 4.79 Å². The van der Waals surface area contributed by atoms with E-state index in [0.717, 1.165) is 32.2 Å². The first-order valence-corrected chi connectivity index (χ1v) is 16.0. The minimum Gasteiger partial charge on any atom is -0.519 e. The Bertz CT molecular complexity index is 453. The average molecular weight is 386 g/mol. The van der Waals surface area contributed by atoms with Gasteiger partial charge in [-0.2, -0.15) is 0 Å². The van der Waals surface area contributed by atoms with Crippen molar-refractivity contribution < 1.29 is 9.22 Å². The molecule has 0 heterocycles. The molecule has 1 aliphatic rings. The first-order chi connectivity index (χ1) is 11.1. The van der Waals surface area contributed by atoms with Crippen molar-refractivity contribution in [3.63, 3.8) is 0 Å². The second kappa shape index (κ2) is 7.85. The Morgan fingerprint density at radius 3 is 1.80 bits per heavy atom. The molecule has 1 aliphatic carbocycles. The summed E-state index contributed by atoms with van der Waals surface area (Å²) >= 11 is 0. The number of carbonyl (C=O) groups excluding carboxylic acids is 1. The van der Waals surface area contributed by atoms with Gasteiger partial charge in [0.15, 0.2) is 0 Å². The summed E-state index contributed by atoms with van der Waals surface area (Å²) in [4.78, 5) is 16.5. The molecule has 1 N–H and O–H groups in total. The number of hydrogen-bond acceptors (Lipinski definition) is 3. The molecule has 0 aliphatic heterocycles. The molecule has 148 valence electrons. The third-order valence-corrected chi connectivity index (χ3v) is 16.2. The molecule has 0 atom stereocenters. The van der Waals surface area contributed by atoms with E-state index in [2.05, 4.69) is 72.7 Å². The Kier molecular flexibility index (Phi) is 7.19. The maximum absolute atomic E-state index is 12.6. The highest BCUT2D eigenvalue weighted by Crippen LogP contribution is 2.39. The van der Waals surface area contributed by atoms with Crippen LogP contribution in [-0.2, 0) is 9.22 Å². The molecule has 0 aromatic carbocycles. The highest BCUT2D eigenvalue weighted by atomic mass is 28.4. The summed E-state index contributed by atoms with van der Waals surface area (Å²) in [6.45, 7) is 23.9. The predicted octanol–water partition coefficient (Wildman–Crippen LogP) is 5.94. The molecule has 0 saturated heterocycles. The van der Waals surface area contributed by atoms with E-state index >= 15 is 0 Å². The number of rotatable bonds is 5. The number of nitrogens with one attached hydrogen (secondary N) is 1. The Morgan fingerprint density at radius 1 is 0.920 bits per heavy atom. The average Bonchev–Trinajstić information content (AvgIpc) is 2.42. The van der Waals surface area contributed by atoms with Crippen LogP contribution in [0.4, 0.5) is 0 Å². The van der Waals surface area contributed by atoms with Gasteiger partial charge >= 0.3 is 0 Å². The first-order valence-electron chi connectivity index (χ1n) is 10.0. The highest BCUT2D eigenvalue weighted by Gasteiger charge is 2.42. The molecule has 25 heavy (non-hydrogen) atoms. The Hall–Kier alpha value is -0.136. The lowest BCUT2D eigenvalue weighted by Gasteiger charge is -2.40. The largest absolute Gasteiger partial charge is 0.519 e. The standard InChI is InChI=1S/C20H43NO2Si2/c1-19(2,3)24(7,8)21-15-16-11-13-17(14-12-16)18(22)23-25(9,10)20(4,5)6/h16-17,21H,11-15H2,1-10H3. The van der Waals surface area contributed by atoms with Crippen LogP contribution >= 0.6 is 0 Å². The van der Waals surface area contributed by atoms with Crippen LogP contribution in [0.25, 0.3) is 0 Å². The maximum Gasteiger partial charge on any atom is 0.295 e. The fourth-order valence-electron chi connectivity index (χ4n) is 2.75. The third kappa shape index (κ3) is 6.21. The van der Waals surface area contributed by atoms with Gasteiger partial charge in [-0.25, -0.2) is 0 Å². The summed E-state index contributed by atoms with van der Waals surface area (Å²) < 4.78 is 6.03. The molecule has 1 saturated carbocycles. The normalized spacial score (nSPS) is 23.4. The lowest BCUT2D eigenvalue weighted by molar-refractivity contribution is -0.141. The number of carbonyl (C=O) groups is 1. The zero-order chi connectivity index (χ0) is 19.7. The van der Waals surface area contributed by atoms with Crippen molar-refractivity contribution in [3.8, 4) is 0 Å². The van der Waals surface area contributed by atoms with Gasteiger partial charge in [0, 0.05) is 0 Å². The van der Waals surface area contributed by atoms with E-state index in [4.69, 9.17) is 4.43 Å². The molecule has 0 spiro atoms. The van der Waals surface area contributed by atoms with Gasteiger partial charge in [-0.1, -0.05) is 54.6 Å². The lowest BCUT2D eigenvalue weighted by atomic mass is 9.82. The zero-order valence-electron chi connectivity index (χ0n) is 18.5. The molecule has 0 aromatic heterocycles. The SMILES string of the molecule is CC(C)(C)[Si](C)(C)NCC1CCC(C(=O)O[Si](C)(C)C(C)(C)C)CC1. The summed E-state index contributed by atoms with van der Waals surface area (Å²) in [5.41, 5.74) is 0. The fourth-order valence-corrected chi connectivity index (χ4v) is 5.06. The van der Waals surface area contributed by atoms with Crippen molar-refractivity contribution >= 4 is 22.5 Å². The topological polar surface area (TPSA) is 38.3 Å². The van der Waals surface area contributed by atoms with Crippen LogP contribution in [0, 0.1) is 11.8 Å². The second-order valence-electron chi connectivity index (χ2n) is 11.2. The van der Waals surface area contributed by atoms with Crippen molar-refractivity contribution in [2.75, 3.05) is 6.54 Å². The quantitative estimate of drug-likeness (QED) is 0.595. The molecule has 0 aromatic rings. The van der Waals surface area contributed by atoms with Crippen molar-refractivity contribution in [2.45, 2.75) is 103 Å². The molecule has 5 heteroatoms. The van der Waals surface area contributed by atoms with Gasteiger partial charge in [-0.15, -0.1) is 0 Å². The fraction of sp³-hybridized carbons (Fsp3) is 0.950. The van der Waals surface area contributed by atoms with Gasteiger partial charge in [0.2, 0.25) is 0 Å². The van der Waals surface area contributed by atoms with Gasteiger partial charge in [0.1, 0.15) is 8.24 Å². The maximum atomic E-state index is 12.6. The van der Waals surface area contributed by atoms with Crippen LogP contribution in [0.2, 0.25) is 36.3 Å². The Labute approximate surface area is 158 Å². The van der Waals surface area contributed by atoms with Gasteiger partial charge < -0.3 is 9.41 Å². The van der Waals surface area contributed by atoms with Crippen molar-refractivity contribution in [1.82, 2.24) is 4.98 Å². The van der Waals surface area contributed by atoms with Crippen LogP contribution in [0.5, 0.6) is 0 Å². The summed E-state index contributed by atoms with van der Waals surface area (Å²) in [7, 11) is -3.40. The minimum absolute atomic E-state index is 0.0717. The third-order valence-electron chi connectivity index (χ3n) is 7.05. The van der Waals surface area contributed by atoms with E-state index in [9.17, 15) is 4.79 Å². The van der Waals surface area contributed by atoms with Crippen molar-refractivity contribution in [2.24, 2.45) is 11.8 Å². The van der Waals surface area contributed by atoms with Crippen LogP contribution in [0.1, 0.15) is 67.2 Å². The van der Waals surface area contributed by atoms with E-state index in [-0.39, 0.29) is 16.9 Å². The van der Waals surface area contributed by atoms with Crippen LogP contribution in [0.15, 0.2) is 0 Å². The highest BCUT2D eigenvalue weighted by molar-refractivity contribution is 6.77. The van der Waals surface area contributed by atoms with E-state index in [0.29, 0.717) is 11.0 Å². The van der Waals surface area contributed by atoms with Gasteiger partial charge in [-0.05, 0) is 61.3 Å². The molecular weight excluding hydrogens is 342 g/mol. The summed E-state index contributed by atoms with van der Waals surface area (Å²) in [5, 5.41) is 0.462. The van der Waals surface area contributed by atoms with E-state index in [1.165, 1.54) is 0 Å². The molecule has 0 unspecified atom stereocenters.